The number of hydrogen-bond donors (Lipinski definition) is 1. The van der Waals surface area contributed by atoms with Crippen LogP contribution in [0.3, 0.4) is 0 Å². The first-order chi connectivity index (χ1) is 9.92. The Morgan fingerprint density at radius 1 is 1.24 bits per heavy atom. The average molecular weight is 295 g/mol. The maximum absolute atomic E-state index is 12.1. The Hall–Kier alpha value is -1.16. The fourth-order valence-corrected chi connectivity index (χ4v) is 2.32. The van der Waals surface area contributed by atoms with Crippen molar-refractivity contribution in [2.75, 3.05) is 19.8 Å². The van der Waals surface area contributed by atoms with Crippen LogP contribution < -0.4 is 5.32 Å². The van der Waals surface area contributed by atoms with Crippen molar-refractivity contribution in [1.29, 1.82) is 0 Å². The minimum absolute atomic E-state index is 0.0344. The molecule has 1 atom stereocenters. The molecule has 0 spiro atoms. The Bertz CT molecular complexity index is 374. The standard InChI is InChI=1S/C17H29NO3/c1-14-13-21-11-6-4-5-10-18-16(20)9-7-8-15(19)12-17(14,2)3/h4,6,14H,5,7-13H2,1-3H3,(H,18,20). The molecule has 0 aromatic heterocycles. The highest BCUT2D eigenvalue weighted by molar-refractivity contribution is 5.80. The highest BCUT2D eigenvalue weighted by Crippen LogP contribution is 2.31. The number of Topliss-reactive ketones (excluding diaryl/α,β-unsaturated/α-hetero) is 1. The summed E-state index contributed by atoms with van der Waals surface area (Å²) in [5, 5.41) is 2.86. The summed E-state index contributed by atoms with van der Waals surface area (Å²) in [5.41, 5.74) is -0.0693. The monoisotopic (exact) mass is 295 g/mol. The number of carbonyl (C=O) groups is 2. The molecule has 0 aromatic carbocycles. The van der Waals surface area contributed by atoms with Crippen molar-refractivity contribution in [2.45, 2.75) is 52.9 Å². The fraction of sp³-hybridized carbons (Fsp3) is 0.765. The molecule has 120 valence electrons. The first-order valence-corrected chi connectivity index (χ1v) is 7.93. The molecule has 0 aliphatic carbocycles. The molecule has 1 aliphatic rings. The number of ether oxygens (including phenoxy) is 1. The molecule has 4 nitrogen and oxygen atoms in total. The van der Waals surface area contributed by atoms with Crippen LogP contribution in [0.15, 0.2) is 12.2 Å². The Morgan fingerprint density at radius 2 is 2.00 bits per heavy atom. The van der Waals surface area contributed by atoms with Gasteiger partial charge in [-0.3, -0.25) is 9.59 Å². The Kier molecular flexibility index (Phi) is 7.65. The highest BCUT2D eigenvalue weighted by atomic mass is 16.5. The quantitative estimate of drug-likeness (QED) is 0.699. The van der Waals surface area contributed by atoms with Crippen molar-refractivity contribution >= 4 is 11.7 Å². The van der Waals surface area contributed by atoms with E-state index in [1.54, 1.807) is 0 Å². The van der Waals surface area contributed by atoms with Crippen molar-refractivity contribution in [1.82, 2.24) is 5.32 Å². The molecule has 1 aliphatic heterocycles. The molecule has 1 heterocycles. The lowest BCUT2D eigenvalue weighted by molar-refractivity contribution is -0.122. The van der Waals surface area contributed by atoms with Gasteiger partial charge in [0.2, 0.25) is 5.91 Å². The summed E-state index contributed by atoms with van der Waals surface area (Å²) in [7, 11) is 0. The zero-order valence-corrected chi connectivity index (χ0v) is 13.6. The van der Waals surface area contributed by atoms with Crippen molar-refractivity contribution in [3.8, 4) is 0 Å². The van der Waals surface area contributed by atoms with Crippen LogP contribution in [0.2, 0.25) is 0 Å². The van der Waals surface area contributed by atoms with Crippen molar-refractivity contribution in [2.24, 2.45) is 11.3 Å². The number of nitrogens with one attached hydrogen (secondary N) is 1. The molecular formula is C17H29NO3. The summed E-state index contributed by atoms with van der Waals surface area (Å²) in [5.74, 6) is 0.602. The highest BCUT2D eigenvalue weighted by Gasteiger charge is 2.28. The molecule has 0 saturated carbocycles. The zero-order valence-electron chi connectivity index (χ0n) is 13.6. The van der Waals surface area contributed by atoms with Crippen molar-refractivity contribution in [3.05, 3.63) is 12.2 Å². The van der Waals surface area contributed by atoms with E-state index in [2.05, 4.69) is 26.1 Å². The number of carbonyl (C=O) groups excluding carboxylic acids is 2. The molecule has 0 saturated heterocycles. The van der Waals surface area contributed by atoms with Crippen LogP contribution in [0.25, 0.3) is 0 Å². The first-order valence-electron chi connectivity index (χ1n) is 7.93. The van der Waals surface area contributed by atoms with Gasteiger partial charge in [-0.05, 0) is 24.2 Å². The van der Waals surface area contributed by atoms with E-state index in [0.717, 1.165) is 6.42 Å². The van der Waals surface area contributed by atoms with Crippen LogP contribution in [-0.4, -0.2) is 31.4 Å². The Labute approximate surface area is 128 Å². The van der Waals surface area contributed by atoms with Crippen LogP contribution in [0.5, 0.6) is 0 Å². The number of amides is 1. The van der Waals surface area contributed by atoms with Crippen LogP contribution in [-0.2, 0) is 14.3 Å². The smallest absolute Gasteiger partial charge is 0.220 e. The third-order valence-electron chi connectivity index (χ3n) is 4.23. The third kappa shape index (κ3) is 7.42. The van der Waals surface area contributed by atoms with Gasteiger partial charge in [0.15, 0.2) is 0 Å². The van der Waals surface area contributed by atoms with E-state index in [1.165, 1.54) is 0 Å². The number of rotatable bonds is 0. The SMILES string of the molecule is CC1COCC=CCCNC(=O)CCCC(=O)CC1(C)C. The van der Waals surface area contributed by atoms with E-state index in [1.807, 2.05) is 12.2 Å². The van der Waals surface area contributed by atoms with Gasteiger partial charge in [0, 0.05) is 25.8 Å². The van der Waals surface area contributed by atoms with Crippen molar-refractivity contribution in [3.63, 3.8) is 0 Å². The summed E-state index contributed by atoms with van der Waals surface area (Å²) < 4.78 is 5.65. The molecule has 0 bridgehead atoms. The minimum Gasteiger partial charge on any atom is -0.377 e. The summed E-state index contributed by atoms with van der Waals surface area (Å²) in [4.78, 5) is 23.7. The fourth-order valence-electron chi connectivity index (χ4n) is 2.32. The molecule has 1 rings (SSSR count). The molecule has 1 N–H and O–H groups in total. The van der Waals surface area contributed by atoms with Crippen LogP contribution >= 0.6 is 0 Å². The van der Waals surface area contributed by atoms with Gasteiger partial charge in [-0.25, -0.2) is 0 Å². The summed E-state index contributed by atoms with van der Waals surface area (Å²) in [6.07, 6.45) is 6.96. The summed E-state index contributed by atoms with van der Waals surface area (Å²) in [6.45, 7) is 8.26. The maximum Gasteiger partial charge on any atom is 0.220 e. The van der Waals surface area contributed by atoms with Gasteiger partial charge in [0.25, 0.3) is 0 Å². The topological polar surface area (TPSA) is 55.4 Å². The largest absolute Gasteiger partial charge is 0.377 e. The van der Waals surface area contributed by atoms with Gasteiger partial charge < -0.3 is 10.1 Å². The minimum atomic E-state index is -0.0693. The van der Waals surface area contributed by atoms with E-state index >= 15 is 0 Å². The van der Waals surface area contributed by atoms with E-state index in [0.29, 0.717) is 51.4 Å². The molecule has 4 heteroatoms. The number of ketones is 1. The van der Waals surface area contributed by atoms with E-state index in [-0.39, 0.29) is 17.1 Å². The van der Waals surface area contributed by atoms with E-state index in [9.17, 15) is 9.59 Å². The van der Waals surface area contributed by atoms with Crippen LogP contribution in [0, 0.1) is 11.3 Å². The molecule has 21 heavy (non-hydrogen) atoms. The van der Waals surface area contributed by atoms with E-state index in [4.69, 9.17) is 4.74 Å². The van der Waals surface area contributed by atoms with Gasteiger partial charge >= 0.3 is 0 Å². The Balaban J connectivity index is 2.59. The second-order valence-electron chi connectivity index (χ2n) is 6.61. The lowest BCUT2D eigenvalue weighted by Crippen LogP contribution is -2.29. The normalized spacial score (nSPS) is 26.3. The molecule has 0 fully saturated rings. The molecule has 0 aromatic rings. The molecular weight excluding hydrogens is 266 g/mol. The van der Waals surface area contributed by atoms with Gasteiger partial charge in [-0.1, -0.05) is 32.9 Å². The lowest BCUT2D eigenvalue weighted by atomic mass is 9.76. The summed E-state index contributed by atoms with van der Waals surface area (Å²) >= 11 is 0. The van der Waals surface area contributed by atoms with E-state index < -0.39 is 0 Å². The van der Waals surface area contributed by atoms with Gasteiger partial charge in [-0.2, -0.15) is 0 Å². The predicted octanol–water partition coefficient (Wildman–Crippen LogP) is 2.87. The lowest BCUT2D eigenvalue weighted by Gasteiger charge is -2.31. The first kappa shape index (κ1) is 17.9. The molecule has 0 radical (unpaired) electrons. The maximum atomic E-state index is 12.1. The predicted molar refractivity (Wildman–Crippen MR) is 84.0 cm³/mol. The second-order valence-corrected chi connectivity index (χ2v) is 6.61. The number of hydrogen-bond acceptors (Lipinski definition) is 3. The van der Waals surface area contributed by atoms with Gasteiger partial charge in [0.05, 0.1) is 13.2 Å². The van der Waals surface area contributed by atoms with Crippen LogP contribution in [0.4, 0.5) is 0 Å². The zero-order chi connectivity index (χ0) is 15.7. The van der Waals surface area contributed by atoms with Crippen LogP contribution in [0.1, 0.15) is 52.9 Å². The van der Waals surface area contributed by atoms with Gasteiger partial charge in [0.1, 0.15) is 5.78 Å². The molecule has 1 amide bonds. The van der Waals surface area contributed by atoms with Crippen molar-refractivity contribution < 1.29 is 14.3 Å². The average Bonchev–Trinajstić information content (AvgIpc) is 2.39. The Morgan fingerprint density at radius 3 is 2.76 bits per heavy atom. The second kappa shape index (κ2) is 8.98. The van der Waals surface area contributed by atoms with Gasteiger partial charge in [-0.15, -0.1) is 0 Å². The molecule has 1 unspecified atom stereocenters. The summed E-state index contributed by atoms with van der Waals surface area (Å²) in [6, 6.07) is 0. The third-order valence-corrected chi connectivity index (χ3v) is 4.23.